The SMILES string of the molecule is Br.NC1Cc2ccc(O)cc2C1. The van der Waals surface area contributed by atoms with Crippen molar-refractivity contribution < 1.29 is 5.11 Å². The fourth-order valence-electron chi connectivity index (χ4n) is 1.64. The van der Waals surface area contributed by atoms with E-state index < -0.39 is 0 Å². The summed E-state index contributed by atoms with van der Waals surface area (Å²) in [6, 6.07) is 5.74. The van der Waals surface area contributed by atoms with E-state index in [-0.39, 0.29) is 23.0 Å². The predicted octanol–water partition coefficient (Wildman–Crippen LogP) is 1.40. The highest BCUT2D eigenvalue weighted by Gasteiger charge is 2.17. The van der Waals surface area contributed by atoms with Gasteiger partial charge in [-0.15, -0.1) is 17.0 Å². The van der Waals surface area contributed by atoms with Gasteiger partial charge in [-0.25, -0.2) is 0 Å². The molecular formula is C9H12BrNO. The predicted molar refractivity (Wildman–Crippen MR) is 53.8 cm³/mol. The van der Waals surface area contributed by atoms with Crippen LogP contribution in [0.4, 0.5) is 0 Å². The zero-order valence-corrected chi connectivity index (χ0v) is 8.37. The number of benzene rings is 1. The van der Waals surface area contributed by atoms with Gasteiger partial charge in [0.2, 0.25) is 0 Å². The monoisotopic (exact) mass is 229 g/mol. The first kappa shape index (κ1) is 9.55. The number of fused-ring (bicyclic) bond motifs is 1. The van der Waals surface area contributed by atoms with Crippen LogP contribution < -0.4 is 5.73 Å². The second kappa shape index (κ2) is 3.46. The van der Waals surface area contributed by atoms with Gasteiger partial charge in [0.1, 0.15) is 5.75 Å². The fraction of sp³-hybridized carbons (Fsp3) is 0.333. The Balaban J connectivity index is 0.000000720. The molecule has 12 heavy (non-hydrogen) atoms. The molecule has 1 aromatic carbocycles. The molecule has 0 spiro atoms. The Morgan fingerprint density at radius 2 is 1.92 bits per heavy atom. The van der Waals surface area contributed by atoms with Crippen LogP contribution in [0.2, 0.25) is 0 Å². The zero-order chi connectivity index (χ0) is 7.84. The molecule has 0 saturated heterocycles. The summed E-state index contributed by atoms with van der Waals surface area (Å²) in [5.74, 6) is 0.345. The Bertz CT molecular complexity index is 288. The molecule has 0 heterocycles. The second-order valence-electron chi connectivity index (χ2n) is 3.12. The maximum atomic E-state index is 9.14. The second-order valence-corrected chi connectivity index (χ2v) is 3.12. The standard InChI is InChI=1S/C9H11NO.BrH/c10-8-3-6-1-2-9(11)5-7(6)4-8;/h1-2,5,8,11H,3-4,10H2;1H. The van der Waals surface area contributed by atoms with Gasteiger partial charge in [0, 0.05) is 6.04 Å². The third kappa shape index (κ3) is 1.62. The molecule has 3 heteroatoms. The van der Waals surface area contributed by atoms with Gasteiger partial charge in [-0.2, -0.15) is 0 Å². The number of phenols is 1. The van der Waals surface area contributed by atoms with E-state index in [0.717, 1.165) is 12.8 Å². The third-order valence-electron chi connectivity index (χ3n) is 2.15. The molecule has 2 rings (SSSR count). The molecule has 0 aliphatic heterocycles. The van der Waals surface area contributed by atoms with Crippen molar-refractivity contribution in [2.45, 2.75) is 18.9 Å². The number of rotatable bonds is 0. The van der Waals surface area contributed by atoms with Crippen molar-refractivity contribution in [3.05, 3.63) is 29.3 Å². The Morgan fingerprint density at radius 3 is 2.67 bits per heavy atom. The highest BCUT2D eigenvalue weighted by molar-refractivity contribution is 8.93. The van der Waals surface area contributed by atoms with E-state index in [0.29, 0.717) is 5.75 Å². The summed E-state index contributed by atoms with van der Waals surface area (Å²) < 4.78 is 0. The van der Waals surface area contributed by atoms with Crippen LogP contribution in [0.5, 0.6) is 5.75 Å². The molecule has 0 saturated carbocycles. The smallest absolute Gasteiger partial charge is 0.115 e. The van der Waals surface area contributed by atoms with E-state index in [4.69, 9.17) is 10.8 Å². The zero-order valence-electron chi connectivity index (χ0n) is 6.66. The number of halogens is 1. The average molecular weight is 230 g/mol. The van der Waals surface area contributed by atoms with Gasteiger partial charge in [0.05, 0.1) is 0 Å². The minimum Gasteiger partial charge on any atom is -0.508 e. The number of phenolic OH excluding ortho intramolecular Hbond substituents is 1. The molecule has 0 radical (unpaired) electrons. The molecule has 1 aromatic rings. The lowest BCUT2D eigenvalue weighted by Crippen LogP contribution is -2.18. The molecule has 0 bridgehead atoms. The number of nitrogens with two attached hydrogens (primary N) is 1. The summed E-state index contributed by atoms with van der Waals surface area (Å²) in [5, 5.41) is 9.14. The molecule has 0 fully saturated rings. The molecule has 3 N–H and O–H groups in total. The topological polar surface area (TPSA) is 46.2 Å². The molecule has 1 unspecified atom stereocenters. The first-order valence-corrected chi connectivity index (χ1v) is 3.82. The Labute approximate surface area is 82.2 Å². The highest BCUT2D eigenvalue weighted by Crippen LogP contribution is 2.24. The van der Waals surface area contributed by atoms with Crippen LogP contribution >= 0.6 is 17.0 Å². The third-order valence-corrected chi connectivity index (χ3v) is 2.15. The van der Waals surface area contributed by atoms with Gasteiger partial charge in [-0.3, -0.25) is 0 Å². The van der Waals surface area contributed by atoms with Crippen molar-refractivity contribution in [2.75, 3.05) is 0 Å². The maximum absolute atomic E-state index is 9.14. The Kier molecular flexibility index (Phi) is 2.75. The quantitative estimate of drug-likeness (QED) is 0.707. The van der Waals surface area contributed by atoms with Crippen LogP contribution in [0.25, 0.3) is 0 Å². The van der Waals surface area contributed by atoms with E-state index in [9.17, 15) is 0 Å². The molecular weight excluding hydrogens is 218 g/mol. The van der Waals surface area contributed by atoms with Crippen LogP contribution in [-0.2, 0) is 12.8 Å². The van der Waals surface area contributed by atoms with Crippen molar-refractivity contribution in [3.8, 4) is 5.75 Å². The van der Waals surface area contributed by atoms with Crippen LogP contribution in [0.3, 0.4) is 0 Å². The molecule has 0 aromatic heterocycles. The summed E-state index contributed by atoms with van der Waals surface area (Å²) in [7, 11) is 0. The van der Waals surface area contributed by atoms with E-state index in [1.54, 1.807) is 6.07 Å². The van der Waals surface area contributed by atoms with E-state index >= 15 is 0 Å². The first-order chi connectivity index (χ1) is 5.25. The van der Waals surface area contributed by atoms with Gasteiger partial charge in [0.15, 0.2) is 0 Å². The molecule has 1 atom stereocenters. The minimum absolute atomic E-state index is 0. The molecule has 0 amide bonds. The van der Waals surface area contributed by atoms with Crippen molar-refractivity contribution >= 4 is 17.0 Å². The molecule has 2 nitrogen and oxygen atoms in total. The van der Waals surface area contributed by atoms with Crippen LogP contribution in [0.1, 0.15) is 11.1 Å². The minimum atomic E-state index is 0. The lowest BCUT2D eigenvalue weighted by Gasteiger charge is -1.97. The van der Waals surface area contributed by atoms with Crippen molar-refractivity contribution in [2.24, 2.45) is 5.73 Å². The first-order valence-electron chi connectivity index (χ1n) is 3.82. The number of aromatic hydroxyl groups is 1. The Hall–Kier alpha value is -0.540. The summed E-state index contributed by atoms with van der Waals surface area (Å²) in [6.07, 6.45) is 1.86. The van der Waals surface area contributed by atoms with Gasteiger partial charge < -0.3 is 10.8 Å². The van der Waals surface area contributed by atoms with Gasteiger partial charge in [0.25, 0.3) is 0 Å². The van der Waals surface area contributed by atoms with E-state index in [1.807, 2.05) is 12.1 Å². The van der Waals surface area contributed by atoms with Gasteiger partial charge in [-0.05, 0) is 36.1 Å². The maximum Gasteiger partial charge on any atom is 0.115 e. The van der Waals surface area contributed by atoms with E-state index in [1.165, 1.54) is 11.1 Å². The lowest BCUT2D eigenvalue weighted by atomic mass is 10.1. The summed E-state index contributed by atoms with van der Waals surface area (Å²) in [4.78, 5) is 0. The van der Waals surface area contributed by atoms with Gasteiger partial charge >= 0.3 is 0 Å². The van der Waals surface area contributed by atoms with Crippen LogP contribution in [0, 0.1) is 0 Å². The summed E-state index contributed by atoms with van der Waals surface area (Å²) in [5.41, 5.74) is 8.25. The summed E-state index contributed by atoms with van der Waals surface area (Å²) in [6.45, 7) is 0. The Morgan fingerprint density at radius 1 is 1.25 bits per heavy atom. The molecule has 1 aliphatic rings. The molecule has 66 valence electrons. The number of hydrogen-bond acceptors (Lipinski definition) is 2. The van der Waals surface area contributed by atoms with Crippen LogP contribution in [0.15, 0.2) is 18.2 Å². The largest absolute Gasteiger partial charge is 0.508 e. The van der Waals surface area contributed by atoms with Crippen molar-refractivity contribution in [1.29, 1.82) is 0 Å². The van der Waals surface area contributed by atoms with Crippen LogP contribution in [-0.4, -0.2) is 11.1 Å². The van der Waals surface area contributed by atoms with E-state index in [2.05, 4.69) is 0 Å². The lowest BCUT2D eigenvalue weighted by molar-refractivity contribution is 0.474. The fourth-order valence-corrected chi connectivity index (χ4v) is 1.64. The number of hydrogen-bond donors (Lipinski definition) is 2. The van der Waals surface area contributed by atoms with Crippen molar-refractivity contribution in [3.63, 3.8) is 0 Å². The summed E-state index contributed by atoms with van der Waals surface area (Å²) >= 11 is 0. The molecule has 1 aliphatic carbocycles. The highest BCUT2D eigenvalue weighted by atomic mass is 79.9. The average Bonchev–Trinajstić information content (AvgIpc) is 2.27. The van der Waals surface area contributed by atoms with Gasteiger partial charge in [-0.1, -0.05) is 6.07 Å². The van der Waals surface area contributed by atoms with Crippen molar-refractivity contribution in [1.82, 2.24) is 0 Å². The normalized spacial score (nSPS) is 19.9.